The molecule has 0 bridgehead atoms. The van der Waals surface area contributed by atoms with Crippen LogP contribution in [0.4, 0.5) is 0 Å². The minimum Gasteiger partial charge on any atom is -0.497 e. The van der Waals surface area contributed by atoms with Gasteiger partial charge in [0.05, 0.1) is 13.5 Å². The predicted octanol–water partition coefficient (Wildman–Crippen LogP) is 2.79. The van der Waals surface area contributed by atoms with Crippen molar-refractivity contribution in [2.45, 2.75) is 32.4 Å². The minimum absolute atomic E-state index is 0.0746. The van der Waals surface area contributed by atoms with Crippen molar-refractivity contribution in [2.75, 3.05) is 14.2 Å². The van der Waals surface area contributed by atoms with E-state index < -0.39 is 6.04 Å². The second-order valence-corrected chi connectivity index (χ2v) is 6.07. The van der Waals surface area contributed by atoms with E-state index in [1.165, 1.54) is 0 Å². The molecule has 0 fully saturated rings. The van der Waals surface area contributed by atoms with E-state index in [1.807, 2.05) is 61.5 Å². The third kappa shape index (κ3) is 5.09. The van der Waals surface area contributed by atoms with Crippen LogP contribution in [0.15, 0.2) is 54.6 Å². The van der Waals surface area contributed by atoms with Gasteiger partial charge in [-0.25, -0.2) is 0 Å². The molecule has 0 saturated heterocycles. The number of methoxy groups -OCH3 is 1. The van der Waals surface area contributed by atoms with Crippen LogP contribution in [-0.2, 0) is 22.6 Å². The van der Waals surface area contributed by atoms with Crippen molar-refractivity contribution < 1.29 is 14.3 Å². The molecule has 0 aliphatic heterocycles. The van der Waals surface area contributed by atoms with Crippen molar-refractivity contribution in [3.63, 3.8) is 0 Å². The molecule has 0 radical (unpaired) electrons. The first-order chi connectivity index (χ1) is 12.6. The Morgan fingerprint density at radius 2 is 1.77 bits per heavy atom. The fraction of sp³-hybridized carbons (Fsp3) is 0.333. The molecule has 1 N–H and O–H groups in total. The summed E-state index contributed by atoms with van der Waals surface area (Å²) in [7, 11) is 3.20. The first-order valence-electron chi connectivity index (χ1n) is 8.77. The average molecular weight is 354 g/mol. The molecular weight excluding hydrogens is 328 g/mol. The number of nitrogens with one attached hydrogen (secondary N) is 1. The van der Waals surface area contributed by atoms with E-state index in [0.717, 1.165) is 16.9 Å². The van der Waals surface area contributed by atoms with E-state index in [9.17, 15) is 9.59 Å². The standard InChI is InChI=1S/C21H26N2O3/c1-4-19(21(25)22-2)23(15-17-11-8-12-18(13-17)26-3)20(24)14-16-9-6-5-7-10-16/h5-13,19H,4,14-15H2,1-3H3,(H,22,25)/t19-/m1/s1. The maximum atomic E-state index is 13.0. The molecule has 0 aliphatic carbocycles. The lowest BCUT2D eigenvalue weighted by molar-refractivity contribution is -0.140. The molecule has 5 nitrogen and oxygen atoms in total. The molecule has 1 atom stereocenters. The van der Waals surface area contributed by atoms with Crippen LogP contribution in [0.1, 0.15) is 24.5 Å². The molecule has 0 unspecified atom stereocenters. The Balaban J connectivity index is 2.27. The van der Waals surface area contributed by atoms with E-state index in [1.54, 1.807) is 19.1 Å². The van der Waals surface area contributed by atoms with Gasteiger partial charge in [0, 0.05) is 13.6 Å². The van der Waals surface area contributed by atoms with Gasteiger partial charge >= 0.3 is 0 Å². The summed E-state index contributed by atoms with van der Waals surface area (Å²) in [6.07, 6.45) is 0.808. The number of ether oxygens (including phenoxy) is 1. The molecule has 2 aromatic rings. The van der Waals surface area contributed by atoms with Gasteiger partial charge in [-0.3, -0.25) is 9.59 Å². The van der Waals surface area contributed by atoms with Gasteiger partial charge in [-0.05, 0) is 29.7 Å². The van der Waals surface area contributed by atoms with Crippen LogP contribution in [0.25, 0.3) is 0 Å². The lowest BCUT2D eigenvalue weighted by Gasteiger charge is -2.30. The molecule has 0 aromatic heterocycles. The highest BCUT2D eigenvalue weighted by Crippen LogP contribution is 2.18. The van der Waals surface area contributed by atoms with Gasteiger partial charge in [0.25, 0.3) is 0 Å². The van der Waals surface area contributed by atoms with E-state index >= 15 is 0 Å². The smallest absolute Gasteiger partial charge is 0.242 e. The zero-order valence-electron chi connectivity index (χ0n) is 15.6. The maximum Gasteiger partial charge on any atom is 0.242 e. The second-order valence-electron chi connectivity index (χ2n) is 6.07. The van der Waals surface area contributed by atoms with E-state index in [-0.39, 0.29) is 18.2 Å². The summed E-state index contributed by atoms with van der Waals surface area (Å²) in [5, 5.41) is 2.67. The number of hydrogen-bond donors (Lipinski definition) is 1. The topological polar surface area (TPSA) is 58.6 Å². The summed E-state index contributed by atoms with van der Waals surface area (Å²) in [6.45, 7) is 2.27. The largest absolute Gasteiger partial charge is 0.497 e. The van der Waals surface area contributed by atoms with Gasteiger partial charge in [-0.1, -0.05) is 49.4 Å². The van der Waals surface area contributed by atoms with Gasteiger partial charge in [0.15, 0.2) is 0 Å². The highest BCUT2D eigenvalue weighted by atomic mass is 16.5. The van der Waals surface area contributed by atoms with Crippen LogP contribution >= 0.6 is 0 Å². The number of benzene rings is 2. The van der Waals surface area contributed by atoms with Crippen LogP contribution < -0.4 is 10.1 Å². The normalized spacial score (nSPS) is 11.5. The third-order valence-corrected chi connectivity index (χ3v) is 4.32. The Kier molecular flexibility index (Phi) is 7.21. The summed E-state index contributed by atoms with van der Waals surface area (Å²) >= 11 is 0. The summed E-state index contributed by atoms with van der Waals surface area (Å²) in [5.41, 5.74) is 1.85. The predicted molar refractivity (Wildman–Crippen MR) is 102 cm³/mol. The second kappa shape index (κ2) is 9.61. The van der Waals surface area contributed by atoms with Gasteiger partial charge in [0.2, 0.25) is 11.8 Å². The van der Waals surface area contributed by atoms with Crippen molar-refractivity contribution in [1.82, 2.24) is 10.2 Å². The van der Waals surface area contributed by atoms with Crippen molar-refractivity contribution >= 4 is 11.8 Å². The minimum atomic E-state index is -0.512. The molecular formula is C21H26N2O3. The number of hydrogen-bond acceptors (Lipinski definition) is 3. The number of carbonyl (C=O) groups excluding carboxylic acids is 2. The molecule has 0 spiro atoms. The Bertz CT molecular complexity index is 731. The molecule has 5 heteroatoms. The average Bonchev–Trinajstić information content (AvgIpc) is 2.68. The molecule has 26 heavy (non-hydrogen) atoms. The van der Waals surface area contributed by atoms with Gasteiger partial charge < -0.3 is 15.0 Å². The maximum absolute atomic E-state index is 13.0. The zero-order valence-corrected chi connectivity index (χ0v) is 15.6. The van der Waals surface area contributed by atoms with Crippen LogP contribution in [0.2, 0.25) is 0 Å². The van der Waals surface area contributed by atoms with Crippen LogP contribution in [0.3, 0.4) is 0 Å². The highest BCUT2D eigenvalue weighted by molar-refractivity contribution is 5.88. The summed E-state index contributed by atoms with van der Waals surface area (Å²) in [6, 6.07) is 16.6. The Morgan fingerprint density at radius 3 is 2.38 bits per heavy atom. The van der Waals surface area contributed by atoms with E-state index in [0.29, 0.717) is 13.0 Å². The van der Waals surface area contributed by atoms with Crippen molar-refractivity contribution in [1.29, 1.82) is 0 Å². The van der Waals surface area contributed by atoms with E-state index in [4.69, 9.17) is 4.74 Å². The quantitative estimate of drug-likeness (QED) is 0.793. The van der Waals surface area contributed by atoms with Crippen LogP contribution in [0.5, 0.6) is 5.75 Å². The van der Waals surface area contributed by atoms with Gasteiger partial charge in [0.1, 0.15) is 11.8 Å². The summed E-state index contributed by atoms with van der Waals surface area (Å²) in [4.78, 5) is 27.0. The Hall–Kier alpha value is -2.82. The van der Waals surface area contributed by atoms with Gasteiger partial charge in [-0.15, -0.1) is 0 Å². The SMILES string of the molecule is CC[C@H](C(=O)NC)N(Cc1cccc(OC)c1)C(=O)Cc1ccccc1. The lowest BCUT2D eigenvalue weighted by atomic mass is 10.1. The summed E-state index contributed by atoms with van der Waals surface area (Å²) < 4.78 is 5.27. The number of likely N-dealkylation sites (N-methyl/N-ethyl adjacent to an activating group) is 1. The molecule has 0 saturated carbocycles. The van der Waals surface area contributed by atoms with Crippen molar-refractivity contribution in [3.05, 3.63) is 65.7 Å². The van der Waals surface area contributed by atoms with Gasteiger partial charge in [-0.2, -0.15) is 0 Å². The number of nitrogens with zero attached hydrogens (tertiary/aromatic N) is 1. The highest BCUT2D eigenvalue weighted by Gasteiger charge is 2.28. The fourth-order valence-electron chi connectivity index (χ4n) is 2.93. The molecule has 2 rings (SSSR count). The van der Waals surface area contributed by atoms with Crippen LogP contribution in [0, 0.1) is 0 Å². The van der Waals surface area contributed by atoms with Crippen LogP contribution in [-0.4, -0.2) is 36.9 Å². The van der Waals surface area contributed by atoms with Crippen molar-refractivity contribution in [2.24, 2.45) is 0 Å². The Labute approximate surface area is 155 Å². The third-order valence-electron chi connectivity index (χ3n) is 4.32. The number of carbonyl (C=O) groups is 2. The molecule has 2 aromatic carbocycles. The first kappa shape index (κ1) is 19.5. The number of amides is 2. The van der Waals surface area contributed by atoms with Crippen molar-refractivity contribution in [3.8, 4) is 5.75 Å². The van der Waals surface area contributed by atoms with E-state index in [2.05, 4.69) is 5.32 Å². The molecule has 0 aliphatic rings. The fourth-order valence-corrected chi connectivity index (χ4v) is 2.93. The lowest BCUT2D eigenvalue weighted by Crippen LogP contribution is -2.48. The molecule has 0 heterocycles. The molecule has 2 amide bonds. The molecule has 138 valence electrons. The first-order valence-corrected chi connectivity index (χ1v) is 8.77. The number of rotatable bonds is 8. The Morgan fingerprint density at radius 1 is 1.08 bits per heavy atom. The monoisotopic (exact) mass is 354 g/mol. The zero-order chi connectivity index (χ0) is 18.9. The summed E-state index contributed by atoms with van der Waals surface area (Å²) in [5.74, 6) is 0.497.